The highest BCUT2D eigenvalue weighted by Crippen LogP contribution is 2.43. The van der Waals surface area contributed by atoms with Crippen LogP contribution in [0.15, 0.2) is 53.3 Å². The molecular formula is C33H31N3O8. The summed E-state index contributed by atoms with van der Waals surface area (Å²) in [5.74, 6) is 0.398. The van der Waals surface area contributed by atoms with Crippen LogP contribution in [-0.4, -0.2) is 51.5 Å². The van der Waals surface area contributed by atoms with E-state index in [1.165, 1.54) is 0 Å². The summed E-state index contributed by atoms with van der Waals surface area (Å²) in [6.07, 6.45) is 0.0968. The average Bonchev–Trinajstić information content (AvgIpc) is 3.66. The van der Waals surface area contributed by atoms with Gasteiger partial charge in [-0.1, -0.05) is 37.3 Å². The molecule has 11 heteroatoms. The van der Waals surface area contributed by atoms with Crippen LogP contribution in [0.25, 0.3) is 22.3 Å². The highest BCUT2D eigenvalue weighted by atomic mass is 16.7. The van der Waals surface area contributed by atoms with Crippen LogP contribution in [0.5, 0.6) is 11.5 Å². The van der Waals surface area contributed by atoms with Crippen LogP contribution in [0.3, 0.4) is 0 Å². The molecule has 0 saturated carbocycles. The Bertz CT molecular complexity index is 1890. The first-order valence-corrected chi connectivity index (χ1v) is 14.7. The molecule has 0 bridgehead atoms. The molecule has 0 aliphatic carbocycles. The van der Waals surface area contributed by atoms with E-state index in [0.717, 1.165) is 22.1 Å². The zero-order chi connectivity index (χ0) is 30.6. The second kappa shape index (κ2) is 10.7. The van der Waals surface area contributed by atoms with Gasteiger partial charge in [-0.25, -0.2) is 14.6 Å². The quantitative estimate of drug-likeness (QED) is 0.277. The predicted octanol–water partition coefficient (Wildman–Crippen LogP) is 4.01. The lowest BCUT2D eigenvalue weighted by atomic mass is 9.86. The number of aromatic nitrogens is 2. The predicted molar refractivity (Wildman–Crippen MR) is 158 cm³/mol. The number of pyridine rings is 2. The molecule has 0 unspecified atom stereocenters. The van der Waals surface area contributed by atoms with Crippen molar-refractivity contribution in [1.29, 1.82) is 0 Å². The minimum atomic E-state index is -1.92. The summed E-state index contributed by atoms with van der Waals surface area (Å²) < 4.78 is 23.7. The summed E-state index contributed by atoms with van der Waals surface area (Å²) >= 11 is 0. The Labute approximate surface area is 252 Å². The summed E-state index contributed by atoms with van der Waals surface area (Å²) in [6.45, 7) is 4.70. The average molecular weight is 598 g/mol. The van der Waals surface area contributed by atoms with Crippen molar-refractivity contribution in [2.24, 2.45) is 0 Å². The highest BCUT2D eigenvalue weighted by molar-refractivity contribution is 5.91. The third-order valence-corrected chi connectivity index (χ3v) is 8.78. The molecule has 226 valence electrons. The number of likely N-dealkylation sites (N-methyl/N-ethyl adjacent to an activating group) is 1. The molecular weight excluding hydrogens is 566 g/mol. The first-order chi connectivity index (χ1) is 21.3. The van der Waals surface area contributed by atoms with Gasteiger partial charge < -0.3 is 33.5 Å². The van der Waals surface area contributed by atoms with Crippen molar-refractivity contribution in [3.63, 3.8) is 0 Å². The van der Waals surface area contributed by atoms with E-state index in [-0.39, 0.29) is 49.7 Å². The van der Waals surface area contributed by atoms with Gasteiger partial charge in [0.15, 0.2) is 17.1 Å². The van der Waals surface area contributed by atoms with Crippen LogP contribution in [0, 0.1) is 0 Å². The largest absolute Gasteiger partial charge is 0.458 e. The molecule has 7 rings (SSSR count). The van der Waals surface area contributed by atoms with E-state index in [0.29, 0.717) is 47.9 Å². The normalized spacial score (nSPS) is 17.6. The number of amides is 1. The molecule has 44 heavy (non-hydrogen) atoms. The smallest absolute Gasteiger partial charge is 0.410 e. The van der Waals surface area contributed by atoms with Crippen molar-refractivity contribution in [2.45, 2.75) is 52.0 Å². The van der Waals surface area contributed by atoms with Crippen LogP contribution in [0.4, 0.5) is 4.79 Å². The number of carbonyl (C=O) groups is 2. The summed E-state index contributed by atoms with van der Waals surface area (Å²) in [5, 5.41) is 12.1. The van der Waals surface area contributed by atoms with Gasteiger partial charge in [-0.3, -0.25) is 4.79 Å². The van der Waals surface area contributed by atoms with Crippen molar-refractivity contribution in [3.05, 3.63) is 86.7 Å². The summed E-state index contributed by atoms with van der Waals surface area (Å²) in [6, 6.07) is 14.9. The van der Waals surface area contributed by atoms with Crippen LogP contribution in [0.1, 0.15) is 48.1 Å². The monoisotopic (exact) mass is 597 g/mol. The molecule has 2 aromatic heterocycles. The van der Waals surface area contributed by atoms with E-state index in [2.05, 4.69) is 0 Å². The second-order valence-electron chi connectivity index (χ2n) is 11.1. The molecule has 3 aliphatic rings. The molecule has 3 aliphatic heterocycles. The number of nitrogens with zero attached hydrogens (tertiary/aromatic N) is 3. The van der Waals surface area contributed by atoms with E-state index in [9.17, 15) is 19.5 Å². The van der Waals surface area contributed by atoms with Gasteiger partial charge in [-0.15, -0.1) is 0 Å². The molecule has 0 radical (unpaired) electrons. The minimum absolute atomic E-state index is 0.0572. The van der Waals surface area contributed by atoms with Gasteiger partial charge in [0.05, 0.1) is 29.0 Å². The van der Waals surface area contributed by atoms with Crippen LogP contribution < -0.4 is 15.0 Å². The number of carbonyl (C=O) groups excluding carboxylic acids is 2. The highest BCUT2D eigenvalue weighted by Gasteiger charge is 2.45. The topological polar surface area (TPSA) is 129 Å². The summed E-state index contributed by atoms with van der Waals surface area (Å²) in [7, 11) is 0. The van der Waals surface area contributed by atoms with Gasteiger partial charge in [0.25, 0.3) is 5.56 Å². The maximum Gasteiger partial charge on any atom is 0.410 e. The number of rotatable bonds is 7. The number of hydrogen-bond acceptors (Lipinski definition) is 9. The van der Waals surface area contributed by atoms with Crippen LogP contribution >= 0.6 is 0 Å². The van der Waals surface area contributed by atoms with E-state index in [1.807, 2.05) is 49.4 Å². The molecule has 2 aromatic carbocycles. The van der Waals surface area contributed by atoms with E-state index in [1.54, 1.807) is 22.5 Å². The summed E-state index contributed by atoms with van der Waals surface area (Å²) in [5.41, 5.74) is 2.65. The minimum Gasteiger partial charge on any atom is -0.458 e. The Hall–Kier alpha value is -4.90. The second-order valence-corrected chi connectivity index (χ2v) is 11.1. The number of esters is 1. The molecule has 11 nitrogen and oxygen atoms in total. The third kappa shape index (κ3) is 4.38. The lowest BCUT2D eigenvalue weighted by molar-refractivity contribution is -0.172. The van der Waals surface area contributed by atoms with Crippen molar-refractivity contribution in [3.8, 4) is 22.9 Å². The zero-order valence-corrected chi connectivity index (χ0v) is 24.4. The molecule has 1 atom stereocenters. The maximum atomic E-state index is 13.8. The number of cyclic esters (lactones) is 1. The number of benzene rings is 2. The lowest BCUT2D eigenvalue weighted by Crippen LogP contribution is -2.44. The van der Waals surface area contributed by atoms with E-state index < -0.39 is 17.7 Å². The fourth-order valence-corrected chi connectivity index (χ4v) is 6.27. The van der Waals surface area contributed by atoms with Crippen molar-refractivity contribution in [1.82, 2.24) is 14.5 Å². The van der Waals surface area contributed by atoms with Gasteiger partial charge >= 0.3 is 12.1 Å². The Morgan fingerprint density at radius 2 is 1.84 bits per heavy atom. The zero-order valence-electron chi connectivity index (χ0n) is 24.4. The van der Waals surface area contributed by atoms with Crippen molar-refractivity contribution in [2.75, 3.05) is 19.9 Å². The Balaban J connectivity index is 1.29. The van der Waals surface area contributed by atoms with Gasteiger partial charge in [-0.05, 0) is 43.0 Å². The number of aliphatic hydroxyl groups is 1. The Morgan fingerprint density at radius 1 is 1.07 bits per heavy atom. The standard InChI is InChI=1S/C33H31N3O8/c1-3-33(40)24-13-26-29-22(15-36(26)30(37)23(24)17-41-31(33)38)20(21-12-27-28(44-18-43-27)14-25(21)34-29)10-11-35(4-2)32(39)42-16-19-8-6-5-7-9-19/h5-9,12-14,40H,3-4,10-11,15-18H2,1-2H3/t33-/m0/s1. The molecule has 4 aromatic rings. The number of hydrogen-bond donors (Lipinski definition) is 1. The SMILES string of the molecule is CCN(CCc1c2c(nc3cc4c(cc13)OCO4)-c1cc3c(c(=O)n1C2)COC(=O)[C@]3(O)CC)C(=O)OCc1ccccc1. The van der Waals surface area contributed by atoms with Crippen molar-refractivity contribution < 1.29 is 33.6 Å². The lowest BCUT2D eigenvalue weighted by Gasteiger charge is -2.31. The fourth-order valence-electron chi connectivity index (χ4n) is 6.27. The fraction of sp³-hybridized carbons (Fsp3) is 0.333. The molecule has 0 fully saturated rings. The maximum absolute atomic E-state index is 13.8. The number of ether oxygens (including phenoxy) is 4. The Morgan fingerprint density at radius 3 is 2.59 bits per heavy atom. The van der Waals surface area contributed by atoms with Gasteiger partial charge in [0, 0.05) is 35.7 Å². The van der Waals surface area contributed by atoms with E-state index in [4.69, 9.17) is 23.9 Å². The molecule has 1 amide bonds. The van der Waals surface area contributed by atoms with Gasteiger partial charge in [-0.2, -0.15) is 0 Å². The van der Waals surface area contributed by atoms with Gasteiger partial charge in [0.2, 0.25) is 6.79 Å². The molecule has 0 saturated heterocycles. The molecule has 5 heterocycles. The first-order valence-electron chi connectivity index (χ1n) is 14.7. The van der Waals surface area contributed by atoms with E-state index >= 15 is 0 Å². The third-order valence-electron chi connectivity index (χ3n) is 8.78. The van der Waals surface area contributed by atoms with Crippen molar-refractivity contribution >= 4 is 23.0 Å². The van der Waals surface area contributed by atoms with Gasteiger partial charge in [0.1, 0.15) is 13.2 Å². The first kappa shape index (κ1) is 27.9. The summed E-state index contributed by atoms with van der Waals surface area (Å²) in [4.78, 5) is 46.0. The molecule has 1 N–H and O–H groups in total. The van der Waals surface area contributed by atoms with Crippen LogP contribution in [-0.2, 0) is 46.0 Å². The molecule has 0 spiro atoms. The Kier molecular flexibility index (Phi) is 6.77. The van der Waals surface area contributed by atoms with Crippen LogP contribution in [0.2, 0.25) is 0 Å². The number of fused-ring (bicyclic) bond motifs is 6.